The van der Waals surface area contributed by atoms with Crippen molar-refractivity contribution in [2.75, 3.05) is 0 Å². The summed E-state index contributed by atoms with van der Waals surface area (Å²) in [7, 11) is 0. The molecule has 0 saturated carbocycles. The number of oxazole rings is 1. The van der Waals surface area contributed by atoms with Gasteiger partial charge in [0.2, 0.25) is 0 Å². The molecule has 0 radical (unpaired) electrons. The minimum absolute atomic E-state index is 0.145. The molecule has 3 heterocycles. The number of aryl methyl sites for hydroxylation is 1. The van der Waals surface area contributed by atoms with Crippen LogP contribution in [-0.2, 0) is 6.54 Å². The third kappa shape index (κ3) is 2.69. The van der Waals surface area contributed by atoms with Crippen LogP contribution in [0.2, 0.25) is 0 Å². The van der Waals surface area contributed by atoms with Crippen molar-refractivity contribution in [3.63, 3.8) is 0 Å². The number of benzene rings is 1. The number of hydrogen-bond acceptors (Lipinski definition) is 6. The number of carbonyl (C=O) groups is 1. The predicted octanol–water partition coefficient (Wildman–Crippen LogP) is 3.78. The lowest BCUT2D eigenvalue weighted by molar-refractivity contribution is 0.0951. The van der Waals surface area contributed by atoms with Crippen molar-refractivity contribution in [2.24, 2.45) is 0 Å². The summed E-state index contributed by atoms with van der Waals surface area (Å²) in [5.74, 6) is 0.403. The summed E-state index contributed by atoms with van der Waals surface area (Å²) in [6, 6.07) is 9.16. The van der Waals surface area contributed by atoms with Crippen LogP contribution in [0.5, 0.6) is 0 Å². The third-order valence-electron chi connectivity index (χ3n) is 3.60. The standard InChI is InChI=1S/C17H13N3O3S/c1-10-19-14(9-22-10)16-13-7-11(4-5-15(13)23-20-16)17(21)18-8-12-3-2-6-24-12/h2-7,9H,8H2,1H3,(H,18,21). The monoisotopic (exact) mass is 339 g/mol. The molecule has 1 N–H and O–H groups in total. The van der Waals surface area contributed by atoms with Crippen molar-refractivity contribution in [1.82, 2.24) is 15.5 Å². The second kappa shape index (κ2) is 5.93. The average Bonchev–Trinajstić information content (AvgIpc) is 3.32. The van der Waals surface area contributed by atoms with Crippen molar-refractivity contribution < 1.29 is 13.7 Å². The predicted molar refractivity (Wildman–Crippen MR) is 89.7 cm³/mol. The fourth-order valence-corrected chi connectivity index (χ4v) is 3.06. The number of aromatic nitrogens is 2. The van der Waals surface area contributed by atoms with Gasteiger partial charge in [0.15, 0.2) is 11.5 Å². The number of rotatable bonds is 4. The minimum atomic E-state index is -0.145. The van der Waals surface area contributed by atoms with Crippen molar-refractivity contribution >= 4 is 28.2 Å². The highest BCUT2D eigenvalue weighted by molar-refractivity contribution is 7.09. The Bertz CT molecular complexity index is 1000. The normalized spacial score (nSPS) is 11.0. The number of hydrogen-bond donors (Lipinski definition) is 1. The molecule has 120 valence electrons. The van der Waals surface area contributed by atoms with Crippen LogP contribution >= 0.6 is 11.3 Å². The number of thiophene rings is 1. The zero-order valence-corrected chi connectivity index (χ0v) is 13.6. The molecule has 0 aliphatic rings. The molecule has 4 aromatic rings. The smallest absolute Gasteiger partial charge is 0.251 e. The summed E-state index contributed by atoms with van der Waals surface area (Å²) in [5.41, 5.74) is 2.29. The highest BCUT2D eigenvalue weighted by atomic mass is 32.1. The van der Waals surface area contributed by atoms with Crippen molar-refractivity contribution in [3.8, 4) is 11.4 Å². The van der Waals surface area contributed by atoms with Crippen LogP contribution in [0.1, 0.15) is 21.1 Å². The molecule has 24 heavy (non-hydrogen) atoms. The van der Waals surface area contributed by atoms with Gasteiger partial charge in [-0.2, -0.15) is 0 Å². The first-order valence-corrected chi connectivity index (χ1v) is 8.21. The quantitative estimate of drug-likeness (QED) is 0.612. The third-order valence-corrected chi connectivity index (χ3v) is 4.47. The van der Waals surface area contributed by atoms with E-state index in [1.807, 2.05) is 17.5 Å². The Morgan fingerprint density at radius 1 is 1.33 bits per heavy atom. The molecular weight excluding hydrogens is 326 g/mol. The van der Waals surface area contributed by atoms with E-state index in [1.165, 1.54) is 6.26 Å². The van der Waals surface area contributed by atoms with Crippen LogP contribution in [0.25, 0.3) is 22.4 Å². The molecule has 0 bridgehead atoms. The first-order chi connectivity index (χ1) is 11.7. The van der Waals surface area contributed by atoms with E-state index in [1.54, 1.807) is 36.5 Å². The van der Waals surface area contributed by atoms with E-state index in [0.717, 1.165) is 10.3 Å². The second-order valence-electron chi connectivity index (χ2n) is 5.26. The van der Waals surface area contributed by atoms with E-state index in [2.05, 4.69) is 15.5 Å². The summed E-state index contributed by atoms with van der Waals surface area (Å²) in [6.07, 6.45) is 1.52. The van der Waals surface area contributed by atoms with E-state index < -0.39 is 0 Å². The largest absolute Gasteiger partial charge is 0.449 e. The van der Waals surface area contributed by atoms with Crippen LogP contribution < -0.4 is 5.32 Å². The highest BCUT2D eigenvalue weighted by Crippen LogP contribution is 2.28. The number of carbonyl (C=O) groups excluding carboxylic acids is 1. The zero-order valence-electron chi connectivity index (χ0n) is 12.8. The van der Waals surface area contributed by atoms with Gasteiger partial charge in [0, 0.05) is 17.4 Å². The Morgan fingerprint density at radius 2 is 2.25 bits per heavy atom. The van der Waals surface area contributed by atoms with E-state index in [4.69, 9.17) is 8.94 Å². The molecule has 0 aliphatic heterocycles. The van der Waals surface area contributed by atoms with Crippen LogP contribution in [0.3, 0.4) is 0 Å². The molecule has 4 rings (SSSR count). The highest BCUT2D eigenvalue weighted by Gasteiger charge is 2.16. The average molecular weight is 339 g/mol. The molecule has 1 aromatic carbocycles. The van der Waals surface area contributed by atoms with E-state index in [0.29, 0.717) is 35.0 Å². The maximum Gasteiger partial charge on any atom is 0.251 e. The Balaban J connectivity index is 1.63. The van der Waals surface area contributed by atoms with Gasteiger partial charge in [-0.1, -0.05) is 11.2 Å². The number of nitrogens with one attached hydrogen (secondary N) is 1. The van der Waals surface area contributed by atoms with Gasteiger partial charge in [-0.15, -0.1) is 11.3 Å². The van der Waals surface area contributed by atoms with Gasteiger partial charge in [0.05, 0.1) is 11.9 Å². The first-order valence-electron chi connectivity index (χ1n) is 7.33. The fraction of sp³-hybridized carbons (Fsp3) is 0.118. The van der Waals surface area contributed by atoms with E-state index in [9.17, 15) is 4.79 Å². The lowest BCUT2D eigenvalue weighted by Crippen LogP contribution is -2.22. The Labute approximate surface area is 141 Å². The van der Waals surface area contributed by atoms with E-state index in [-0.39, 0.29) is 5.91 Å². The second-order valence-corrected chi connectivity index (χ2v) is 6.29. The molecule has 0 aliphatic carbocycles. The van der Waals surface area contributed by atoms with Gasteiger partial charge in [-0.25, -0.2) is 4.98 Å². The Morgan fingerprint density at radius 3 is 3.00 bits per heavy atom. The Kier molecular flexibility index (Phi) is 3.62. The van der Waals surface area contributed by atoms with Gasteiger partial charge in [-0.3, -0.25) is 4.79 Å². The molecule has 0 atom stereocenters. The summed E-state index contributed by atoms with van der Waals surface area (Å²) >= 11 is 1.61. The number of fused-ring (bicyclic) bond motifs is 1. The lowest BCUT2D eigenvalue weighted by Gasteiger charge is -2.03. The maximum atomic E-state index is 12.4. The Hall–Kier alpha value is -2.93. The number of nitrogens with zero attached hydrogens (tertiary/aromatic N) is 2. The van der Waals surface area contributed by atoms with E-state index >= 15 is 0 Å². The molecular formula is C17H13N3O3S. The summed E-state index contributed by atoms with van der Waals surface area (Å²) < 4.78 is 10.5. The lowest BCUT2D eigenvalue weighted by atomic mass is 10.1. The molecule has 0 spiro atoms. The zero-order chi connectivity index (χ0) is 16.5. The topological polar surface area (TPSA) is 81.2 Å². The summed E-state index contributed by atoms with van der Waals surface area (Å²) in [5, 5.41) is 9.66. The molecule has 0 fully saturated rings. The first kappa shape index (κ1) is 14.6. The van der Waals surface area contributed by atoms with Gasteiger partial charge in [0.1, 0.15) is 17.7 Å². The maximum absolute atomic E-state index is 12.4. The molecule has 1 amide bonds. The SMILES string of the molecule is Cc1nc(-c2noc3ccc(C(=O)NCc4cccs4)cc23)co1. The van der Waals surface area contributed by atoms with Gasteiger partial charge < -0.3 is 14.3 Å². The van der Waals surface area contributed by atoms with Gasteiger partial charge in [0.25, 0.3) is 5.91 Å². The van der Waals surface area contributed by atoms with Crippen LogP contribution in [-0.4, -0.2) is 16.0 Å². The minimum Gasteiger partial charge on any atom is -0.449 e. The summed E-state index contributed by atoms with van der Waals surface area (Å²) in [6.45, 7) is 2.27. The molecule has 0 saturated heterocycles. The number of amides is 1. The van der Waals surface area contributed by atoms with Crippen LogP contribution in [0, 0.1) is 6.92 Å². The van der Waals surface area contributed by atoms with Gasteiger partial charge >= 0.3 is 0 Å². The molecule has 7 heteroatoms. The van der Waals surface area contributed by atoms with Gasteiger partial charge in [-0.05, 0) is 29.6 Å². The molecule has 3 aromatic heterocycles. The van der Waals surface area contributed by atoms with Crippen molar-refractivity contribution in [1.29, 1.82) is 0 Å². The molecule has 6 nitrogen and oxygen atoms in total. The van der Waals surface area contributed by atoms with Crippen molar-refractivity contribution in [3.05, 3.63) is 58.3 Å². The molecule has 0 unspecified atom stereocenters. The van der Waals surface area contributed by atoms with Crippen LogP contribution in [0.15, 0.2) is 50.9 Å². The fourth-order valence-electron chi connectivity index (χ4n) is 2.42. The summed E-state index contributed by atoms with van der Waals surface area (Å²) in [4.78, 5) is 17.7. The van der Waals surface area contributed by atoms with Crippen LogP contribution in [0.4, 0.5) is 0 Å². The van der Waals surface area contributed by atoms with Crippen molar-refractivity contribution in [2.45, 2.75) is 13.5 Å².